The summed E-state index contributed by atoms with van der Waals surface area (Å²) in [5, 5.41) is 11.3. The Morgan fingerprint density at radius 3 is 2.62 bits per heavy atom. The number of aliphatic carboxylic acids is 1. The number of carboxylic acids is 1. The molecule has 2 heterocycles. The van der Waals surface area contributed by atoms with Crippen LogP contribution in [0.1, 0.15) is 32.3 Å². The number of hydrogen-bond acceptors (Lipinski definition) is 5. The van der Waals surface area contributed by atoms with Gasteiger partial charge in [-0.05, 0) is 32.4 Å². The van der Waals surface area contributed by atoms with Gasteiger partial charge >= 0.3 is 6.09 Å². The van der Waals surface area contributed by atoms with E-state index in [9.17, 15) is 14.7 Å². The van der Waals surface area contributed by atoms with Gasteiger partial charge in [0.05, 0.1) is 0 Å². The maximum Gasteiger partial charge on any atom is 0.410 e. The van der Waals surface area contributed by atoms with Gasteiger partial charge in [-0.1, -0.05) is 6.07 Å². The molecule has 2 atom stereocenters. The predicted octanol–water partition coefficient (Wildman–Crippen LogP) is 0.782. The van der Waals surface area contributed by atoms with Gasteiger partial charge in [0.1, 0.15) is 5.60 Å². The van der Waals surface area contributed by atoms with Crippen molar-refractivity contribution in [2.24, 2.45) is 5.92 Å². The summed E-state index contributed by atoms with van der Waals surface area (Å²) in [4.78, 5) is 28.8. The molecule has 0 spiro atoms. The standard InChI is InChI=1S/C15H20N2O4/c1-15(2,3)21-14(20)17-8-11(12(9-17)13(18)19)10-5-4-6-16-7-10/h4-7,11-12H,8-9H2,1-3H3,(H,18,19)/p-1/t11-,12+/m0/s1. The molecule has 1 amide bonds. The maximum absolute atomic E-state index is 12.1. The van der Waals surface area contributed by atoms with Crippen molar-refractivity contribution < 1.29 is 19.4 Å². The summed E-state index contributed by atoms with van der Waals surface area (Å²) in [6.45, 7) is 5.71. The van der Waals surface area contributed by atoms with Crippen molar-refractivity contribution in [1.82, 2.24) is 9.88 Å². The molecule has 1 aliphatic rings. The summed E-state index contributed by atoms with van der Waals surface area (Å²) in [5.41, 5.74) is 0.179. The highest BCUT2D eigenvalue weighted by Crippen LogP contribution is 2.32. The Morgan fingerprint density at radius 1 is 1.38 bits per heavy atom. The number of amides is 1. The summed E-state index contributed by atoms with van der Waals surface area (Å²) in [7, 11) is 0. The first-order valence-corrected chi connectivity index (χ1v) is 6.86. The predicted molar refractivity (Wildman–Crippen MR) is 73.3 cm³/mol. The normalized spacial score (nSPS) is 22.1. The summed E-state index contributed by atoms with van der Waals surface area (Å²) in [5.74, 6) is -2.23. The molecule has 0 aliphatic carbocycles. The molecule has 2 rings (SSSR count). The van der Waals surface area contributed by atoms with Gasteiger partial charge in [0.25, 0.3) is 0 Å². The zero-order chi connectivity index (χ0) is 15.6. The molecule has 1 aromatic rings. The number of nitrogens with zero attached hydrogens (tertiary/aromatic N) is 2. The van der Waals surface area contributed by atoms with Crippen LogP contribution >= 0.6 is 0 Å². The fourth-order valence-electron chi connectivity index (χ4n) is 2.45. The van der Waals surface area contributed by atoms with Crippen LogP contribution in [0.4, 0.5) is 4.79 Å². The number of rotatable bonds is 2. The number of hydrogen-bond donors (Lipinski definition) is 0. The van der Waals surface area contributed by atoms with E-state index in [-0.39, 0.29) is 12.5 Å². The molecule has 0 unspecified atom stereocenters. The first-order chi connectivity index (χ1) is 9.78. The number of carbonyl (C=O) groups is 2. The fourth-order valence-corrected chi connectivity index (χ4v) is 2.45. The minimum atomic E-state index is -1.16. The zero-order valence-corrected chi connectivity index (χ0v) is 12.4. The lowest BCUT2D eigenvalue weighted by atomic mass is 9.90. The van der Waals surface area contributed by atoms with E-state index in [0.29, 0.717) is 6.54 Å². The van der Waals surface area contributed by atoms with Crippen LogP contribution in [-0.4, -0.2) is 40.6 Å². The molecule has 0 radical (unpaired) electrons. The van der Waals surface area contributed by atoms with E-state index < -0.39 is 23.6 Å². The Labute approximate surface area is 123 Å². The number of pyridine rings is 1. The van der Waals surface area contributed by atoms with E-state index in [1.807, 2.05) is 6.07 Å². The molecule has 0 aromatic carbocycles. The minimum Gasteiger partial charge on any atom is -0.550 e. The van der Waals surface area contributed by atoms with Crippen molar-refractivity contribution in [1.29, 1.82) is 0 Å². The summed E-state index contributed by atoms with van der Waals surface area (Å²) < 4.78 is 5.29. The largest absolute Gasteiger partial charge is 0.550 e. The van der Waals surface area contributed by atoms with Gasteiger partial charge in [0.15, 0.2) is 0 Å². The number of carbonyl (C=O) groups excluding carboxylic acids is 2. The van der Waals surface area contributed by atoms with Crippen molar-refractivity contribution >= 4 is 12.1 Å². The fraction of sp³-hybridized carbons (Fsp3) is 0.533. The van der Waals surface area contributed by atoms with Crippen molar-refractivity contribution in [3.8, 4) is 0 Å². The maximum atomic E-state index is 12.1. The van der Waals surface area contributed by atoms with E-state index in [1.54, 1.807) is 39.2 Å². The van der Waals surface area contributed by atoms with Gasteiger partial charge in [-0.2, -0.15) is 0 Å². The molecule has 1 aliphatic heterocycles. The third-order valence-corrected chi connectivity index (χ3v) is 3.39. The molecule has 114 valence electrons. The van der Waals surface area contributed by atoms with E-state index in [0.717, 1.165) is 5.56 Å². The highest BCUT2D eigenvalue weighted by molar-refractivity contribution is 5.74. The Hall–Kier alpha value is -2.11. The van der Waals surface area contributed by atoms with Crippen LogP contribution in [0.2, 0.25) is 0 Å². The van der Waals surface area contributed by atoms with Gasteiger partial charge in [0, 0.05) is 43.3 Å². The summed E-state index contributed by atoms with van der Waals surface area (Å²) in [6.07, 6.45) is 2.75. The van der Waals surface area contributed by atoms with Crippen molar-refractivity contribution in [2.45, 2.75) is 32.3 Å². The summed E-state index contributed by atoms with van der Waals surface area (Å²) >= 11 is 0. The van der Waals surface area contributed by atoms with E-state index in [2.05, 4.69) is 4.98 Å². The molecule has 6 nitrogen and oxygen atoms in total. The summed E-state index contributed by atoms with van der Waals surface area (Å²) in [6, 6.07) is 3.56. The van der Waals surface area contributed by atoms with E-state index in [4.69, 9.17) is 4.74 Å². The monoisotopic (exact) mass is 291 g/mol. The SMILES string of the molecule is CC(C)(C)OC(=O)N1C[C@@H](C(=O)[O-])[C@H](c2cccnc2)C1. The molecule has 0 bridgehead atoms. The Morgan fingerprint density at radius 2 is 2.10 bits per heavy atom. The van der Waals surface area contributed by atoms with Crippen molar-refractivity contribution in [3.63, 3.8) is 0 Å². The van der Waals surface area contributed by atoms with Gasteiger partial charge < -0.3 is 19.5 Å². The smallest absolute Gasteiger partial charge is 0.410 e. The Kier molecular flexibility index (Phi) is 4.16. The lowest BCUT2D eigenvalue weighted by molar-refractivity contribution is -0.311. The molecule has 1 saturated heterocycles. The number of likely N-dealkylation sites (tertiary alicyclic amines) is 1. The van der Waals surface area contributed by atoms with Crippen LogP contribution in [0.25, 0.3) is 0 Å². The molecular weight excluding hydrogens is 272 g/mol. The Balaban J connectivity index is 2.16. The van der Waals surface area contributed by atoms with Gasteiger partial charge in [-0.3, -0.25) is 4.98 Å². The highest BCUT2D eigenvalue weighted by Gasteiger charge is 2.38. The molecule has 1 aromatic heterocycles. The van der Waals surface area contributed by atoms with Crippen LogP contribution in [0.15, 0.2) is 24.5 Å². The van der Waals surface area contributed by atoms with Crippen molar-refractivity contribution in [3.05, 3.63) is 30.1 Å². The quantitative estimate of drug-likeness (QED) is 0.804. The molecule has 1 fully saturated rings. The highest BCUT2D eigenvalue weighted by atomic mass is 16.6. The molecular formula is C15H19N2O4-. The second kappa shape index (κ2) is 5.71. The van der Waals surface area contributed by atoms with Crippen LogP contribution in [0.5, 0.6) is 0 Å². The second-order valence-electron chi connectivity index (χ2n) is 6.20. The van der Waals surface area contributed by atoms with E-state index in [1.165, 1.54) is 4.90 Å². The Bertz CT molecular complexity index is 524. The second-order valence-corrected chi connectivity index (χ2v) is 6.20. The van der Waals surface area contributed by atoms with Crippen LogP contribution < -0.4 is 5.11 Å². The lowest BCUT2D eigenvalue weighted by Gasteiger charge is -2.24. The molecule has 6 heteroatoms. The third-order valence-electron chi connectivity index (χ3n) is 3.39. The first kappa shape index (κ1) is 15.3. The first-order valence-electron chi connectivity index (χ1n) is 6.86. The van der Waals surface area contributed by atoms with E-state index >= 15 is 0 Å². The van der Waals surface area contributed by atoms with Crippen LogP contribution in [0, 0.1) is 5.92 Å². The molecule has 0 N–H and O–H groups in total. The van der Waals surface area contributed by atoms with Gasteiger partial charge in [0.2, 0.25) is 0 Å². The van der Waals surface area contributed by atoms with Crippen molar-refractivity contribution in [2.75, 3.05) is 13.1 Å². The molecule has 0 saturated carbocycles. The van der Waals surface area contributed by atoms with Crippen LogP contribution in [0.3, 0.4) is 0 Å². The number of carboxylic acid groups (broad SMARTS) is 1. The topological polar surface area (TPSA) is 82.6 Å². The number of aromatic nitrogens is 1. The van der Waals surface area contributed by atoms with Crippen LogP contribution in [-0.2, 0) is 9.53 Å². The minimum absolute atomic E-state index is 0.0941. The zero-order valence-electron chi connectivity index (χ0n) is 12.4. The number of ether oxygens (including phenoxy) is 1. The average molecular weight is 291 g/mol. The van der Waals surface area contributed by atoms with Gasteiger partial charge in [-0.25, -0.2) is 4.79 Å². The molecule has 21 heavy (non-hydrogen) atoms. The third kappa shape index (κ3) is 3.71. The average Bonchev–Trinajstić information content (AvgIpc) is 2.83. The lowest BCUT2D eigenvalue weighted by Crippen LogP contribution is -2.38. The van der Waals surface area contributed by atoms with Gasteiger partial charge in [-0.15, -0.1) is 0 Å².